The predicted octanol–water partition coefficient (Wildman–Crippen LogP) is -0.142. The van der Waals surface area contributed by atoms with Crippen molar-refractivity contribution in [3.63, 3.8) is 0 Å². The molecule has 1 aliphatic rings. The standard InChI is InChI=1S/C11H25N3O/c1-12-11-4-5-14(10-11)7-9-15-8-6-13(2)3/h11-12H,4-10H2,1-3H3. The maximum absolute atomic E-state index is 5.57. The molecule has 1 rings (SSSR count). The molecular weight excluding hydrogens is 190 g/mol. The SMILES string of the molecule is CNC1CCN(CCOCCN(C)C)C1. The molecule has 0 aliphatic carbocycles. The van der Waals surface area contributed by atoms with Crippen molar-refractivity contribution in [1.82, 2.24) is 15.1 Å². The molecule has 0 aromatic carbocycles. The van der Waals surface area contributed by atoms with Crippen LogP contribution in [0.1, 0.15) is 6.42 Å². The van der Waals surface area contributed by atoms with Crippen molar-refractivity contribution >= 4 is 0 Å². The molecule has 4 nitrogen and oxygen atoms in total. The second kappa shape index (κ2) is 7.17. The summed E-state index contributed by atoms with van der Waals surface area (Å²) in [5.41, 5.74) is 0. The van der Waals surface area contributed by atoms with Crippen LogP contribution < -0.4 is 5.32 Å². The summed E-state index contributed by atoms with van der Waals surface area (Å²) in [5.74, 6) is 0. The van der Waals surface area contributed by atoms with Crippen LogP contribution in [0.15, 0.2) is 0 Å². The Morgan fingerprint density at radius 2 is 2.20 bits per heavy atom. The van der Waals surface area contributed by atoms with E-state index in [0.717, 1.165) is 26.3 Å². The highest BCUT2D eigenvalue weighted by atomic mass is 16.5. The van der Waals surface area contributed by atoms with Crippen LogP contribution in [0.4, 0.5) is 0 Å². The number of hydrogen-bond acceptors (Lipinski definition) is 4. The molecule has 1 N–H and O–H groups in total. The first-order chi connectivity index (χ1) is 7.22. The number of rotatable bonds is 7. The van der Waals surface area contributed by atoms with Gasteiger partial charge in [-0.05, 0) is 34.1 Å². The summed E-state index contributed by atoms with van der Waals surface area (Å²) in [5, 5.41) is 3.32. The molecule has 1 heterocycles. The van der Waals surface area contributed by atoms with Gasteiger partial charge in [0.05, 0.1) is 13.2 Å². The molecule has 90 valence electrons. The third-order valence-corrected chi connectivity index (χ3v) is 2.92. The van der Waals surface area contributed by atoms with E-state index in [1.54, 1.807) is 0 Å². The first kappa shape index (κ1) is 12.9. The van der Waals surface area contributed by atoms with E-state index in [4.69, 9.17) is 4.74 Å². The molecule has 0 amide bonds. The van der Waals surface area contributed by atoms with Crippen molar-refractivity contribution in [2.45, 2.75) is 12.5 Å². The van der Waals surface area contributed by atoms with Crippen LogP contribution in [0.25, 0.3) is 0 Å². The Hall–Kier alpha value is -0.160. The van der Waals surface area contributed by atoms with Gasteiger partial charge < -0.3 is 15.0 Å². The summed E-state index contributed by atoms with van der Waals surface area (Å²) in [4.78, 5) is 4.61. The van der Waals surface area contributed by atoms with E-state index in [2.05, 4.69) is 29.2 Å². The van der Waals surface area contributed by atoms with E-state index in [9.17, 15) is 0 Å². The van der Waals surface area contributed by atoms with Gasteiger partial charge in [-0.3, -0.25) is 4.90 Å². The normalized spacial score (nSPS) is 22.8. The van der Waals surface area contributed by atoms with Crippen LogP contribution in [0, 0.1) is 0 Å². The molecule has 1 saturated heterocycles. The summed E-state index contributed by atoms with van der Waals surface area (Å²) < 4.78 is 5.57. The number of likely N-dealkylation sites (N-methyl/N-ethyl adjacent to an activating group) is 2. The van der Waals surface area contributed by atoms with Crippen molar-refractivity contribution in [3.8, 4) is 0 Å². The topological polar surface area (TPSA) is 27.7 Å². The van der Waals surface area contributed by atoms with Gasteiger partial charge in [0.1, 0.15) is 0 Å². The van der Waals surface area contributed by atoms with Gasteiger partial charge in [-0.15, -0.1) is 0 Å². The van der Waals surface area contributed by atoms with Crippen LogP contribution in [-0.2, 0) is 4.74 Å². The predicted molar refractivity (Wildman–Crippen MR) is 63.3 cm³/mol. The molecule has 1 atom stereocenters. The van der Waals surface area contributed by atoms with E-state index >= 15 is 0 Å². The summed E-state index contributed by atoms with van der Waals surface area (Å²) in [6.45, 7) is 6.18. The van der Waals surface area contributed by atoms with Gasteiger partial charge in [-0.25, -0.2) is 0 Å². The highest BCUT2D eigenvalue weighted by Crippen LogP contribution is 2.07. The molecule has 1 unspecified atom stereocenters. The van der Waals surface area contributed by atoms with E-state index in [-0.39, 0.29) is 0 Å². The van der Waals surface area contributed by atoms with Crippen molar-refractivity contribution < 1.29 is 4.74 Å². The minimum atomic E-state index is 0.687. The summed E-state index contributed by atoms with van der Waals surface area (Å²) >= 11 is 0. The lowest BCUT2D eigenvalue weighted by molar-refractivity contribution is 0.0980. The second-order valence-electron chi connectivity index (χ2n) is 4.49. The molecule has 4 heteroatoms. The summed E-state index contributed by atoms with van der Waals surface area (Å²) in [7, 11) is 6.18. The number of nitrogens with zero attached hydrogens (tertiary/aromatic N) is 2. The van der Waals surface area contributed by atoms with Gasteiger partial charge in [-0.1, -0.05) is 0 Å². The molecule has 15 heavy (non-hydrogen) atoms. The minimum Gasteiger partial charge on any atom is -0.379 e. The van der Waals surface area contributed by atoms with Crippen LogP contribution in [-0.4, -0.2) is 76.4 Å². The molecule has 0 bridgehead atoms. The first-order valence-corrected chi connectivity index (χ1v) is 5.84. The maximum atomic E-state index is 5.57. The molecule has 0 aromatic heterocycles. The smallest absolute Gasteiger partial charge is 0.0594 e. The van der Waals surface area contributed by atoms with Crippen LogP contribution >= 0.6 is 0 Å². The van der Waals surface area contributed by atoms with Crippen molar-refractivity contribution in [3.05, 3.63) is 0 Å². The molecular formula is C11H25N3O. The number of ether oxygens (including phenoxy) is 1. The third kappa shape index (κ3) is 5.47. The van der Waals surface area contributed by atoms with Gasteiger partial charge in [0.15, 0.2) is 0 Å². The maximum Gasteiger partial charge on any atom is 0.0594 e. The van der Waals surface area contributed by atoms with E-state index < -0.39 is 0 Å². The van der Waals surface area contributed by atoms with E-state index in [1.165, 1.54) is 19.5 Å². The summed E-state index contributed by atoms with van der Waals surface area (Å²) in [6, 6.07) is 0.687. The molecule has 1 aliphatic heterocycles. The fourth-order valence-electron chi connectivity index (χ4n) is 1.81. The molecule has 0 spiro atoms. The molecule has 1 fully saturated rings. The van der Waals surface area contributed by atoms with Crippen molar-refractivity contribution in [2.24, 2.45) is 0 Å². The Kier molecular flexibility index (Phi) is 6.17. The van der Waals surface area contributed by atoms with E-state index in [1.807, 2.05) is 7.05 Å². The highest BCUT2D eigenvalue weighted by Gasteiger charge is 2.19. The average molecular weight is 215 g/mol. The lowest BCUT2D eigenvalue weighted by Crippen LogP contribution is -2.31. The number of hydrogen-bond donors (Lipinski definition) is 1. The zero-order valence-corrected chi connectivity index (χ0v) is 10.3. The van der Waals surface area contributed by atoms with Gasteiger partial charge in [0.25, 0.3) is 0 Å². The van der Waals surface area contributed by atoms with Crippen molar-refractivity contribution in [2.75, 3.05) is 60.5 Å². The molecule has 0 saturated carbocycles. The largest absolute Gasteiger partial charge is 0.379 e. The number of nitrogens with one attached hydrogen (secondary N) is 1. The monoisotopic (exact) mass is 215 g/mol. The van der Waals surface area contributed by atoms with Gasteiger partial charge in [0, 0.05) is 25.7 Å². The first-order valence-electron chi connectivity index (χ1n) is 5.84. The Bertz CT molecular complexity index is 164. The Balaban J connectivity index is 1.92. The third-order valence-electron chi connectivity index (χ3n) is 2.92. The summed E-state index contributed by atoms with van der Waals surface area (Å²) in [6.07, 6.45) is 1.27. The Labute approximate surface area is 93.6 Å². The zero-order valence-electron chi connectivity index (χ0n) is 10.3. The minimum absolute atomic E-state index is 0.687. The lowest BCUT2D eigenvalue weighted by atomic mass is 10.3. The fourth-order valence-corrected chi connectivity index (χ4v) is 1.81. The van der Waals surface area contributed by atoms with Crippen LogP contribution in [0.2, 0.25) is 0 Å². The number of likely N-dealkylation sites (tertiary alicyclic amines) is 1. The quantitative estimate of drug-likeness (QED) is 0.598. The Morgan fingerprint density at radius 3 is 2.80 bits per heavy atom. The second-order valence-corrected chi connectivity index (χ2v) is 4.49. The molecule has 0 radical (unpaired) electrons. The Morgan fingerprint density at radius 1 is 1.40 bits per heavy atom. The lowest BCUT2D eigenvalue weighted by Gasteiger charge is -2.16. The van der Waals surface area contributed by atoms with Gasteiger partial charge in [0.2, 0.25) is 0 Å². The van der Waals surface area contributed by atoms with E-state index in [0.29, 0.717) is 6.04 Å². The van der Waals surface area contributed by atoms with Crippen LogP contribution in [0.5, 0.6) is 0 Å². The highest BCUT2D eigenvalue weighted by molar-refractivity contribution is 4.79. The zero-order chi connectivity index (χ0) is 11.1. The molecule has 0 aromatic rings. The fraction of sp³-hybridized carbons (Fsp3) is 1.00. The average Bonchev–Trinajstić information content (AvgIpc) is 2.65. The van der Waals surface area contributed by atoms with Crippen LogP contribution in [0.3, 0.4) is 0 Å². The van der Waals surface area contributed by atoms with Gasteiger partial charge in [-0.2, -0.15) is 0 Å². The van der Waals surface area contributed by atoms with Crippen molar-refractivity contribution in [1.29, 1.82) is 0 Å². The van der Waals surface area contributed by atoms with Gasteiger partial charge >= 0.3 is 0 Å².